The van der Waals surface area contributed by atoms with Crippen LogP contribution in [0.3, 0.4) is 0 Å². The molecule has 0 aromatic rings. The van der Waals surface area contributed by atoms with E-state index in [1.165, 1.54) is 6.42 Å². The van der Waals surface area contributed by atoms with Crippen molar-refractivity contribution in [3.8, 4) is 0 Å². The first-order valence-corrected chi connectivity index (χ1v) is 4.88. The number of carbonyl (C=O) groups is 1. The number of hydrogen-bond donors (Lipinski definition) is 0. The van der Waals surface area contributed by atoms with E-state index in [9.17, 15) is 4.79 Å². The Labute approximate surface area is 79.9 Å². The van der Waals surface area contributed by atoms with Gasteiger partial charge in [-0.1, -0.05) is 26.2 Å². The lowest BCUT2D eigenvalue weighted by Crippen LogP contribution is -2.30. The van der Waals surface area contributed by atoms with Crippen molar-refractivity contribution in [1.29, 1.82) is 0 Å². The molecule has 72 valence electrons. The highest BCUT2D eigenvalue weighted by atomic mass is 35.5. The molecule has 0 rings (SSSR count). The van der Waals surface area contributed by atoms with Crippen molar-refractivity contribution >= 4 is 17.5 Å². The number of nitrogens with zero attached hydrogens (tertiary/aromatic N) is 1. The molecule has 0 aliphatic carbocycles. The molecule has 0 aliphatic heterocycles. The first-order chi connectivity index (χ1) is 5.59. The van der Waals surface area contributed by atoms with Crippen molar-refractivity contribution in [2.75, 3.05) is 14.1 Å². The number of rotatable bonds is 5. The molecule has 3 heteroatoms. The third-order valence-electron chi connectivity index (χ3n) is 1.77. The van der Waals surface area contributed by atoms with E-state index >= 15 is 0 Å². The number of hydrogen-bond acceptors (Lipinski definition) is 1. The SMILES string of the molecule is CCCCCC(Cl)C(=O)N(C)C. The average Bonchev–Trinajstić information content (AvgIpc) is 2.03. The van der Waals surface area contributed by atoms with Crippen LogP contribution >= 0.6 is 11.6 Å². The number of amides is 1. The van der Waals surface area contributed by atoms with Crippen LogP contribution in [0.1, 0.15) is 32.6 Å². The second kappa shape index (κ2) is 6.30. The summed E-state index contributed by atoms with van der Waals surface area (Å²) < 4.78 is 0. The molecule has 2 nitrogen and oxygen atoms in total. The molecule has 0 radical (unpaired) electrons. The van der Waals surface area contributed by atoms with E-state index in [2.05, 4.69) is 6.92 Å². The predicted molar refractivity (Wildman–Crippen MR) is 52.5 cm³/mol. The van der Waals surface area contributed by atoms with Gasteiger partial charge in [0.2, 0.25) is 5.91 Å². The molecule has 0 aromatic carbocycles. The van der Waals surface area contributed by atoms with Gasteiger partial charge < -0.3 is 4.90 Å². The molecule has 0 saturated carbocycles. The van der Waals surface area contributed by atoms with Gasteiger partial charge in [0.1, 0.15) is 5.38 Å². The molecule has 1 unspecified atom stereocenters. The average molecular weight is 192 g/mol. The first kappa shape index (κ1) is 11.8. The van der Waals surface area contributed by atoms with Crippen molar-refractivity contribution in [1.82, 2.24) is 4.90 Å². The Kier molecular flexibility index (Phi) is 6.17. The molecule has 0 spiro atoms. The summed E-state index contributed by atoms with van der Waals surface area (Å²) in [7, 11) is 3.47. The fourth-order valence-corrected chi connectivity index (χ4v) is 1.33. The van der Waals surface area contributed by atoms with Gasteiger partial charge in [0.25, 0.3) is 0 Å². The lowest BCUT2D eigenvalue weighted by Gasteiger charge is -2.14. The minimum atomic E-state index is -0.327. The molecule has 12 heavy (non-hydrogen) atoms. The van der Waals surface area contributed by atoms with Crippen molar-refractivity contribution in [3.05, 3.63) is 0 Å². The summed E-state index contributed by atoms with van der Waals surface area (Å²) in [6.07, 6.45) is 4.17. The highest BCUT2D eigenvalue weighted by Gasteiger charge is 2.15. The highest BCUT2D eigenvalue weighted by Crippen LogP contribution is 2.10. The molecular formula is C9H18ClNO. The fraction of sp³-hybridized carbons (Fsp3) is 0.889. The molecule has 0 N–H and O–H groups in total. The van der Waals surface area contributed by atoms with E-state index in [1.54, 1.807) is 19.0 Å². The zero-order valence-corrected chi connectivity index (χ0v) is 8.90. The molecule has 1 atom stereocenters. The molecule has 0 fully saturated rings. The van der Waals surface area contributed by atoms with Crippen LogP contribution in [0.15, 0.2) is 0 Å². The number of alkyl halides is 1. The Balaban J connectivity index is 3.57. The number of unbranched alkanes of at least 4 members (excludes halogenated alkanes) is 2. The van der Waals surface area contributed by atoms with Gasteiger partial charge in [-0.15, -0.1) is 11.6 Å². The summed E-state index contributed by atoms with van der Waals surface area (Å²) in [6.45, 7) is 2.14. The van der Waals surface area contributed by atoms with Crippen LogP contribution < -0.4 is 0 Å². The van der Waals surface area contributed by atoms with E-state index in [0.29, 0.717) is 0 Å². The van der Waals surface area contributed by atoms with Gasteiger partial charge in [-0.3, -0.25) is 4.79 Å². The zero-order chi connectivity index (χ0) is 9.56. The third kappa shape index (κ3) is 4.60. The normalized spacial score (nSPS) is 12.7. The first-order valence-electron chi connectivity index (χ1n) is 4.44. The molecule has 0 heterocycles. The maximum Gasteiger partial charge on any atom is 0.240 e. The summed E-state index contributed by atoms with van der Waals surface area (Å²) in [4.78, 5) is 12.8. The topological polar surface area (TPSA) is 20.3 Å². The largest absolute Gasteiger partial charge is 0.348 e. The summed E-state index contributed by atoms with van der Waals surface area (Å²) in [5.74, 6) is 0.0211. The molecule has 0 aliphatic rings. The minimum Gasteiger partial charge on any atom is -0.348 e. The van der Waals surface area contributed by atoms with Crippen molar-refractivity contribution in [2.45, 2.75) is 38.0 Å². The number of carbonyl (C=O) groups excluding carboxylic acids is 1. The lowest BCUT2D eigenvalue weighted by atomic mass is 10.1. The van der Waals surface area contributed by atoms with Gasteiger partial charge in [0, 0.05) is 14.1 Å². The lowest BCUT2D eigenvalue weighted by molar-refractivity contribution is -0.128. The van der Waals surface area contributed by atoms with Crippen LogP contribution in [0.25, 0.3) is 0 Å². The van der Waals surface area contributed by atoms with Crippen LogP contribution in [0.4, 0.5) is 0 Å². The maximum absolute atomic E-state index is 11.2. The second-order valence-corrected chi connectivity index (χ2v) is 3.72. The summed E-state index contributed by atoms with van der Waals surface area (Å²) in [5, 5.41) is -0.327. The second-order valence-electron chi connectivity index (χ2n) is 3.20. The molecular weight excluding hydrogens is 174 g/mol. The van der Waals surface area contributed by atoms with Crippen molar-refractivity contribution in [3.63, 3.8) is 0 Å². The van der Waals surface area contributed by atoms with E-state index < -0.39 is 0 Å². The van der Waals surface area contributed by atoms with Crippen LogP contribution in [0, 0.1) is 0 Å². The number of halogens is 1. The van der Waals surface area contributed by atoms with E-state index in [1.807, 2.05) is 0 Å². The van der Waals surface area contributed by atoms with Crippen molar-refractivity contribution < 1.29 is 4.79 Å². The summed E-state index contributed by atoms with van der Waals surface area (Å²) >= 11 is 5.87. The quantitative estimate of drug-likeness (QED) is 0.482. The van der Waals surface area contributed by atoms with Crippen LogP contribution in [-0.4, -0.2) is 30.3 Å². The predicted octanol–water partition coefficient (Wildman–Crippen LogP) is 2.26. The van der Waals surface area contributed by atoms with Crippen LogP contribution in [0.5, 0.6) is 0 Å². The highest BCUT2D eigenvalue weighted by molar-refractivity contribution is 6.30. The van der Waals surface area contributed by atoms with E-state index in [0.717, 1.165) is 19.3 Å². The van der Waals surface area contributed by atoms with Gasteiger partial charge >= 0.3 is 0 Å². The van der Waals surface area contributed by atoms with E-state index in [-0.39, 0.29) is 11.3 Å². The molecule has 0 aromatic heterocycles. The third-order valence-corrected chi connectivity index (χ3v) is 2.17. The van der Waals surface area contributed by atoms with Gasteiger partial charge in [-0.2, -0.15) is 0 Å². The standard InChI is InChI=1S/C9H18ClNO/c1-4-5-6-7-8(10)9(12)11(2)3/h8H,4-7H2,1-3H3. The summed E-state index contributed by atoms with van der Waals surface area (Å²) in [6, 6.07) is 0. The monoisotopic (exact) mass is 191 g/mol. The fourth-order valence-electron chi connectivity index (χ4n) is 0.977. The Morgan fingerprint density at radius 2 is 2.00 bits per heavy atom. The van der Waals surface area contributed by atoms with Crippen LogP contribution in [0.2, 0.25) is 0 Å². The summed E-state index contributed by atoms with van der Waals surface area (Å²) in [5.41, 5.74) is 0. The van der Waals surface area contributed by atoms with Gasteiger partial charge in [0.05, 0.1) is 0 Å². The molecule has 0 saturated heterocycles. The minimum absolute atomic E-state index is 0.0211. The Bertz CT molecular complexity index is 136. The van der Waals surface area contributed by atoms with Gasteiger partial charge in [-0.05, 0) is 6.42 Å². The van der Waals surface area contributed by atoms with Gasteiger partial charge in [0.15, 0.2) is 0 Å². The molecule has 1 amide bonds. The van der Waals surface area contributed by atoms with E-state index in [4.69, 9.17) is 11.6 Å². The van der Waals surface area contributed by atoms with Crippen molar-refractivity contribution in [2.24, 2.45) is 0 Å². The maximum atomic E-state index is 11.2. The Hall–Kier alpha value is -0.240. The molecule has 0 bridgehead atoms. The smallest absolute Gasteiger partial charge is 0.240 e. The van der Waals surface area contributed by atoms with Gasteiger partial charge in [-0.25, -0.2) is 0 Å². The zero-order valence-electron chi connectivity index (χ0n) is 8.14. The Morgan fingerprint density at radius 1 is 1.42 bits per heavy atom. The Morgan fingerprint density at radius 3 is 2.42 bits per heavy atom. The van der Waals surface area contributed by atoms with Crippen LogP contribution in [-0.2, 0) is 4.79 Å².